The van der Waals surface area contributed by atoms with Gasteiger partial charge in [0.15, 0.2) is 0 Å². The molecular weight excluding hydrogens is 657 g/mol. The van der Waals surface area contributed by atoms with Gasteiger partial charge < -0.3 is 4.43 Å². The molecule has 0 fully saturated rings. The Labute approximate surface area is 271 Å². The summed E-state index contributed by atoms with van der Waals surface area (Å²) < 4.78 is 55.7. The number of pyridine rings is 1. The monoisotopic (exact) mass is 692 g/mol. The molecule has 2 atom stereocenters. The van der Waals surface area contributed by atoms with Gasteiger partial charge in [0.2, 0.25) is 0 Å². The first-order valence-electron chi connectivity index (χ1n) is 15.1. The van der Waals surface area contributed by atoms with Gasteiger partial charge in [0.1, 0.15) is 5.82 Å². The Hall–Kier alpha value is -3.31. The van der Waals surface area contributed by atoms with Gasteiger partial charge in [-0.05, 0) is 67.9 Å². The normalized spacial score (nSPS) is 17.9. The summed E-state index contributed by atoms with van der Waals surface area (Å²) in [6.45, 7) is 6.70. The largest absolute Gasteiger partial charge is 0.401 e. The van der Waals surface area contributed by atoms with Crippen LogP contribution >= 0.6 is 15.9 Å². The van der Waals surface area contributed by atoms with Crippen molar-refractivity contribution < 1.29 is 17.6 Å². The van der Waals surface area contributed by atoms with E-state index in [1.165, 1.54) is 12.3 Å². The van der Waals surface area contributed by atoms with Crippen LogP contribution in [0, 0.1) is 5.82 Å². The quantitative estimate of drug-likeness (QED) is 0.172. The summed E-state index contributed by atoms with van der Waals surface area (Å²) in [5, 5.41) is 9.49. The minimum Gasteiger partial charge on any atom is -0.401 e. The standard InChI is InChI=1S/C35H36BrF3N4OSi/c1-23-17-28-27(15-16-31-29(28)20-41-42-31)33(32-30(37)18-24(36)19-40-32)43(23)21-35(38,39)22-44-45(34(2,3)4,25-11-7-5-8-12-25)26-13-9-6-10-14-26/h5-16,18-20,23,33H,17,21-22H2,1-4H3,(H,41,42)/t23-,33+/m1/s1. The Kier molecular flexibility index (Phi) is 8.53. The third kappa shape index (κ3) is 5.89. The van der Waals surface area contributed by atoms with Crippen molar-refractivity contribution in [2.45, 2.75) is 57.2 Å². The van der Waals surface area contributed by atoms with Crippen LogP contribution in [0.2, 0.25) is 5.04 Å². The van der Waals surface area contributed by atoms with Gasteiger partial charge in [-0.1, -0.05) is 87.5 Å². The van der Waals surface area contributed by atoms with Crippen LogP contribution in [0.4, 0.5) is 13.2 Å². The average molecular weight is 694 g/mol. The number of hydrogen-bond donors (Lipinski definition) is 1. The summed E-state index contributed by atoms with van der Waals surface area (Å²) in [7, 11) is -3.21. The molecular formula is C35H36BrF3N4OSi. The van der Waals surface area contributed by atoms with E-state index in [0.717, 1.165) is 32.4 Å². The number of hydrogen-bond acceptors (Lipinski definition) is 4. The highest BCUT2D eigenvalue weighted by Gasteiger charge is 2.52. The van der Waals surface area contributed by atoms with E-state index in [1.807, 2.05) is 79.7 Å². The lowest BCUT2D eigenvalue weighted by Gasteiger charge is -2.45. The first-order valence-corrected chi connectivity index (χ1v) is 17.8. The number of halogens is 4. The average Bonchev–Trinajstić information content (AvgIpc) is 3.48. The zero-order valence-corrected chi connectivity index (χ0v) is 28.3. The van der Waals surface area contributed by atoms with Crippen LogP contribution in [0.3, 0.4) is 0 Å². The Bertz CT molecular complexity index is 1760. The van der Waals surface area contributed by atoms with Gasteiger partial charge in [-0.2, -0.15) is 5.10 Å². The molecule has 2 aromatic heterocycles. The van der Waals surface area contributed by atoms with Crippen LogP contribution in [0.25, 0.3) is 10.9 Å². The summed E-state index contributed by atoms with van der Waals surface area (Å²) in [5.41, 5.74) is 2.67. The Balaban J connectivity index is 1.39. The molecule has 0 radical (unpaired) electrons. The van der Waals surface area contributed by atoms with E-state index in [9.17, 15) is 0 Å². The highest BCUT2D eigenvalue weighted by Crippen LogP contribution is 2.43. The van der Waals surface area contributed by atoms with E-state index < -0.39 is 44.3 Å². The van der Waals surface area contributed by atoms with E-state index in [2.05, 4.69) is 51.9 Å². The predicted molar refractivity (Wildman–Crippen MR) is 178 cm³/mol. The van der Waals surface area contributed by atoms with Crippen molar-refractivity contribution in [3.05, 3.63) is 118 Å². The van der Waals surface area contributed by atoms with Crippen molar-refractivity contribution >= 4 is 45.5 Å². The fourth-order valence-corrected chi connectivity index (χ4v) is 11.8. The first kappa shape index (κ1) is 31.7. The van der Waals surface area contributed by atoms with Gasteiger partial charge >= 0.3 is 0 Å². The van der Waals surface area contributed by atoms with Crippen LogP contribution in [0.1, 0.15) is 50.6 Å². The second-order valence-corrected chi connectivity index (χ2v) is 18.1. The molecule has 0 aliphatic carbocycles. The van der Waals surface area contributed by atoms with Crippen molar-refractivity contribution in [2.75, 3.05) is 13.2 Å². The lowest BCUT2D eigenvalue weighted by Crippen LogP contribution is -2.67. The van der Waals surface area contributed by atoms with Crippen LogP contribution in [0.15, 0.2) is 95.7 Å². The smallest absolute Gasteiger partial charge is 0.282 e. The van der Waals surface area contributed by atoms with Gasteiger partial charge in [-0.25, -0.2) is 13.2 Å². The second-order valence-electron chi connectivity index (χ2n) is 12.9. The molecule has 3 aromatic carbocycles. The molecule has 0 unspecified atom stereocenters. The molecule has 234 valence electrons. The maximum Gasteiger partial charge on any atom is 0.282 e. The number of aromatic amines is 1. The molecule has 3 heterocycles. The van der Waals surface area contributed by atoms with Crippen LogP contribution < -0.4 is 10.4 Å². The molecule has 1 aliphatic rings. The zero-order valence-electron chi connectivity index (χ0n) is 25.7. The van der Waals surface area contributed by atoms with Gasteiger partial charge in [-0.15, -0.1) is 0 Å². The highest BCUT2D eigenvalue weighted by atomic mass is 79.9. The lowest BCUT2D eigenvalue weighted by molar-refractivity contribution is -0.0823. The van der Waals surface area contributed by atoms with Crippen molar-refractivity contribution in [3.63, 3.8) is 0 Å². The molecule has 5 nitrogen and oxygen atoms in total. The summed E-state index contributed by atoms with van der Waals surface area (Å²) in [6, 6.07) is 23.4. The maximum atomic E-state index is 16.5. The second kappa shape index (κ2) is 12.1. The summed E-state index contributed by atoms with van der Waals surface area (Å²) in [6.07, 6.45) is 3.76. The van der Waals surface area contributed by atoms with Crippen LogP contribution in [0.5, 0.6) is 0 Å². The molecule has 0 bridgehead atoms. The van der Waals surface area contributed by atoms with E-state index >= 15 is 13.2 Å². The first-order chi connectivity index (χ1) is 21.4. The van der Waals surface area contributed by atoms with Gasteiger partial charge in [0, 0.05) is 22.1 Å². The van der Waals surface area contributed by atoms with Gasteiger partial charge in [0.25, 0.3) is 14.2 Å². The van der Waals surface area contributed by atoms with Gasteiger partial charge in [0.05, 0.1) is 36.6 Å². The van der Waals surface area contributed by atoms with Crippen molar-refractivity contribution in [2.24, 2.45) is 0 Å². The number of nitrogens with zero attached hydrogens (tertiary/aromatic N) is 3. The number of alkyl halides is 2. The number of aromatic nitrogens is 3. The molecule has 5 aromatic rings. The Morgan fingerprint density at radius 1 is 0.978 bits per heavy atom. The zero-order chi connectivity index (χ0) is 32.0. The molecule has 1 N–H and O–H groups in total. The van der Waals surface area contributed by atoms with Crippen molar-refractivity contribution in [1.82, 2.24) is 20.1 Å². The Morgan fingerprint density at radius 3 is 2.22 bits per heavy atom. The topological polar surface area (TPSA) is 54.0 Å². The third-order valence-electron chi connectivity index (χ3n) is 8.89. The lowest BCUT2D eigenvalue weighted by atomic mass is 9.84. The predicted octanol–water partition coefficient (Wildman–Crippen LogP) is 7.41. The molecule has 45 heavy (non-hydrogen) atoms. The minimum atomic E-state index is -3.26. The number of fused-ring (bicyclic) bond motifs is 3. The molecule has 0 amide bonds. The number of nitrogens with one attached hydrogen (secondary N) is 1. The number of rotatable bonds is 8. The van der Waals surface area contributed by atoms with E-state index in [0.29, 0.717) is 10.9 Å². The molecule has 0 saturated carbocycles. The molecule has 6 rings (SSSR count). The van der Waals surface area contributed by atoms with Crippen LogP contribution in [-0.2, 0) is 10.8 Å². The molecule has 0 saturated heterocycles. The Morgan fingerprint density at radius 2 is 1.62 bits per heavy atom. The fraction of sp³-hybridized carbons (Fsp3) is 0.314. The summed E-state index contributed by atoms with van der Waals surface area (Å²) in [5.74, 6) is -3.82. The molecule has 0 spiro atoms. The van der Waals surface area contributed by atoms with Gasteiger partial charge in [-0.3, -0.25) is 15.0 Å². The van der Waals surface area contributed by atoms with Crippen molar-refractivity contribution in [1.29, 1.82) is 0 Å². The van der Waals surface area contributed by atoms with E-state index in [-0.39, 0.29) is 11.7 Å². The maximum absolute atomic E-state index is 16.5. The third-order valence-corrected chi connectivity index (χ3v) is 14.3. The minimum absolute atomic E-state index is 0.109. The highest BCUT2D eigenvalue weighted by molar-refractivity contribution is 9.10. The molecule has 10 heteroatoms. The number of benzene rings is 3. The SMILES string of the molecule is C[C@@H]1Cc2c(ccc3[nH]ncc23)[C@@H](c2ncc(Br)cc2F)N1CC(F)(F)CO[Si](c1ccccc1)(c1ccccc1)C(C)(C)C. The number of H-pyrrole nitrogens is 1. The van der Waals surface area contributed by atoms with Crippen molar-refractivity contribution in [3.8, 4) is 0 Å². The van der Waals surface area contributed by atoms with E-state index in [1.54, 1.807) is 11.1 Å². The summed E-state index contributed by atoms with van der Waals surface area (Å²) in [4.78, 5) is 6.11. The van der Waals surface area contributed by atoms with E-state index in [4.69, 9.17) is 4.43 Å². The van der Waals surface area contributed by atoms with Crippen LogP contribution in [-0.4, -0.2) is 53.5 Å². The fourth-order valence-electron chi connectivity index (χ4n) is 6.89. The summed E-state index contributed by atoms with van der Waals surface area (Å²) >= 11 is 3.29. The molecule has 1 aliphatic heterocycles.